The van der Waals surface area contributed by atoms with Gasteiger partial charge < -0.3 is 5.32 Å². The van der Waals surface area contributed by atoms with Gasteiger partial charge in [-0.25, -0.2) is 13.1 Å². The molecule has 2 N–H and O–H groups in total. The van der Waals surface area contributed by atoms with E-state index in [-0.39, 0.29) is 22.8 Å². The van der Waals surface area contributed by atoms with Crippen molar-refractivity contribution in [1.29, 1.82) is 0 Å². The molecule has 0 fully saturated rings. The number of carbonyl (C=O) groups excluding carboxylic acids is 1. The van der Waals surface area contributed by atoms with Gasteiger partial charge in [-0.15, -0.1) is 0 Å². The van der Waals surface area contributed by atoms with Gasteiger partial charge in [-0.05, 0) is 54.0 Å². The molecule has 6 heteroatoms. The number of benzene rings is 2. The summed E-state index contributed by atoms with van der Waals surface area (Å²) in [5, 5.41) is 3.07. The number of nitrogens with one attached hydrogen (secondary N) is 2. The number of hydrogen-bond donors (Lipinski definition) is 2. The lowest BCUT2D eigenvalue weighted by Gasteiger charge is -2.17. The predicted octanol–water partition coefficient (Wildman–Crippen LogP) is 3.92. The molecule has 1 atom stereocenters. The molecule has 1 aliphatic rings. The summed E-state index contributed by atoms with van der Waals surface area (Å²) in [5.41, 5.74) is 3.49. The molecular weight excluding hydrogens is 372 g/mol. The number of fused-ring (bicyclic) bond motifs is 1. The molecule has 0 aromatic heterocycles. The maximum Gasteiger partial charge on any atom is 0.251 e. The van der Waals surface area contributed by atoms with E-state index in [1.54, 1.807) is 12.1 Å². The van der Waals surface area contributed by atoms with Crippen LogP contribution in [0.5, 0.6) is 0 Å². The zero-order valence-electron chi connectivity index (χ0n) is 16.7. The third-order valence-corrected chi connectivity index (χ3v) is 6.68. The maximum absolute atomic E-state index is 12.9. The molecule has 5 nitrogen and oxygen atoms in total. The van der Waals surface area contributed by atoms with Crippen LogP contribution in [0.3, 0.4) is 0 Å². The summed E-state index contributed by atoms with van der Waals surface area (Å²) in [6, 6.07) is 13.0. The van der Waals surface area contributed by atoms with Crippen molar-refractivity contribution >= 4 is 15.9 Å². The smallest absolute Gasteiger partial charge is 0.251 e. The first-order valence-corrected chi connectivity index (χ1v) is 11.3. The Kier molecular flexibility index (Phi) is 6.20. The quantitative estimate of drug-likeness (QED) is 0.740. The van der Waals surface area contributed by atoms with Crippen LogP contribution in [0.15, 0.2) is 47.4 Å². The van der Waals surface area contributed by atoms with Crippen LogP contribution < -0.4 is 10.0 Å². The first kappa shape index (κ1) is 20.6. The van der Waals surface area contributed by atoms with Crippen LogP contribution in [0.4, 0.5) is 0 Å². The van der Waals surface area contributed by atoms with Crippen molar-refractivity contribution in [3.63, 3.8) is 0 Å². The zero-order chi connectivity index (χ0) is 20.3. The van der Waals surface area contributed by atoms with Crippen molar-refractivity contribution in [3.8, 4) is 0 Å². The van der Waals surface area contributed by atoms with Crippen molar-refractivity contribution < 1.29 is 13.2 Å². The lowest BCUT2D eigenvalue weighted by Crippen LogP contribution is -2.29. The molecule has 0 saturated heterocycles. The molecule has 0 spiro atoms. The minimum absolute atomic E-state index is 0.0343. The van der Waals surface area contributed by atoms with Crippen LogP contribution in [0.25, 0.3) is 0 Å². The molecule has 0 heterocycles. The fourth-order valence-corrected chi connectivity index (χ4v) is 5.17. The van der Waals surface area contributed by atoms with E-state index in [1.165, 1.54) is 11.6 Å². The van der Waals surface area contributed by atoms with E-state index in [1.807, 2.05) is 39.0 Å². The van der Waals surface area contributed by atoms with Gasteiger partial charge in [0.25, 0.3) is 5.91 Å². The monoisotopic (exact) mass is 400 g/mol. The van der Waals surface area contributed by atoms with E-state index in [2.05, 4.69) is 16.1 Å². The van der Waals surface area contributed by atoms with Gasteiger partial charge in [0, 0.05) is 12.1 Å². The number of rotatable bonds is 7. The summed E-state index contributed by atoms with van der Waals surface area (Å²) in [6.45, 7) is 6.18. The second-order valence-corrected chi connectivity index (χ2v) is 9.30. The highest BCUT2D eigenvalue weighted by molar-refractivity contribution is 7.89. The Bertz CT molecular complexity index is 967. The molecule has 0 radical (unpaired) electrons. The Hall–Kier alpha value is -2.18. The van der Waals surface area contributed by atoms with E-state index in [0.29, 0.717) is 24.1 Å². The molecule has 0 bridgehead atoms. The second-order valence-electron chi connectivity index (χ2n) is 7.57. The van der Waals surface area contributed by atoms with Crippen molar-refractivity contribution in [2.75, 3.05) is 6.54 Å². The van der Waals surface area contributed by atoms with Crippen molar-refractivity contribution in [1.82, 2.24) is 10.0 Å². The van der Waals surface area contributed by atoms with E-state index in [9.17, 15) is 13.2 Å². The Morgan fingerprint density at radius 1 is 1.18 bits per heavy atom. The van der Waals surface area contributed by atoms with Gasteiger partial charge in [0.15, 0.2) is 0 Å². The molecule has 3 rings (SSSR count). The standard InChI is InChI=1S/C22H28N2O3S/c1-4-13-23-28(26,27)21-14-17(9-11-18(21)15(2)3)22(25)24-20-12-10-16-7-5-6-8-19(16)20/h5-9,11,14-15,20,23H,4,10,12-13H2,1-3H3,(H,24,25). The highest BCUT2D eigenvalue weighted by atomic mass is 32.2. The SMILES string of the molecule is CCCNS(=O)(=O)c1cc(C(=O)NC2CCc3ccccc32)ccc1C(C)C. The summed E-state index contributed by atoms with van der Waals surface area (Å²) in [4.78, 5) is 13.0. The Morgan fingerprint density at radius 2 is 1.93 bits per heavy atom. The number of carbonyl (C=O) groups is 1. The van der Waals surface area contributed by atoms with E-state index < -0.39 is 10.0 Å². The van der Waals surface area contributed by atoms with Gasteiger partial charge in [-0.2, -0.15) is 0 Å². The van der Waals surface area contributed by atoms with E-state index >= 15 is 0 Å². The summed E-state index contributed by atoms with van der Waals surface area (Å²) < 4.78 is 28.1. The molecule has 0 aliphatic heterocycles. The number of sulfonamides is 1. The van der Waals surface area contributed by atoms with Crippen molar-refractivity contribution in [2.45, 2.75) is 56.9 Å². The Morgan fingerprint density at radius 3 is 2.64 bits per heavy atom. The highest BCUT2D eigenvalue weighted by Gasteiger charge is 2.26. The van der Waals surface area contributed by atoms with E-state index in [0.717, 1.165) is 18.4 Å². The first-order valence-electron chi connectivity index (χ1n) is 9.85. The summed E-state index contributed by atoms with van der Waals surface area (Å²) >= 11 is 0. The highest BCUT2D eigenvalue weighted by Crippen LogP contribution is 2.31. The van der Waals surface area contributed by atoms with Crippen LogP contribution in [0.2, 0.25) is 0 Å². The fourth-order valence-electron chi connectivity index (χ4n) is 3.65. The molecular formula is C22H28N2O3S. The predicted molar refractivity (Wildman–Crippen MR) is 111 cm³/mol. The Labute approximate surface area is 167 Å². The van der Waals surface area contributed by atoms with Crippen molar-refractivity contribution in [3.05, 3.63) is 64.7 Å². The normalized spacial score (nSPS) is 16.2. The van der Waals surface area contributed by atoms with E-state index in [4.69, 9.17) is 0 Å². The molecule has 150 valence electrons. The van der Waals surface area contributed by atoms with Crippen LogP contribution >= 0.6 is 0 Å². The fraction of sp³-hybridized carbons (Fsp3) is 0.409. The van der Waals surface area contributed by atoms with Gasteiger partial charge in [-0.1, -0.05) is 51.1 Å². The van der Waals surface area contributed by atoms with Gasteiger partial charge in [0.1, 0.15) is 0 Å². The second kappa shape index (κ2) is 8.45. The summed E-state index contributed by atoms with van der Waals surface area (Å²) in [5.74, 6) is -0.212. The molecule has 2 aromatic carbocycles. The maximum atomic E-state index is 12.9. The lowest BCUT2D eigenvalue weighted by molar-refractivity contribution is 0.0936. The van der Waals surface area contributed by atoms with Crippen LogP contribution in [-0.4, -0.2) is 20.9 Å². The molecule has 2 aromatic rings. The molecule has 0 saturated carbocycles. The number of amides is 1. The molecule has 1 aliphatic carbocycles. The Balaban J connectivity index is 1.88. The average Bonchev–Trinajstić information content (AvgIpc) is 3.09. The van der Waals surface area contributed by atoms with Gasteiger partial charge in [0.05, 0.1) is 10.9 Å². The van der Waals surface area contributed by atoms with Crippen molar-refractivity contribution in [2.24, 2.45) is 0 Å². The van der Waals surface area contributed by atoms with Gasteiger partial charge >= 0.3 is 0 Å². The third kappa shape index (κ3) is 4.28. The number of aryl methyl sites for hydroxylation is 1. The summed E-state index contributed by atoms with van der Waals surface area (Å²) in [7, 11) is -3.66. The largest absolute Gasteiger partial charge is 0.345 e. The average molecular weight is 401 g/mol. The minimum Gasteiger partial charge on any atom is -0.345 e. The van der Waals surface area contributed by atoms with Gasteiger partial charge in [-0.3, -0.25) is 4.79 Å². The molecule has 1 amide bonds. The third-order valence-electron chi connectivity index (χ3n) is 5.17. The van der Waals surface area contributed by atoms with Gasteiger partial charge in [0.2, 0.25) is 10.0 Å². The van der Waals surface area contributed by atoms with Crippen LogP contribution in [0, 0.1) is 0 Å². The summed E-state index contributed by atoms with van der Waals surface area (Å²) in [6.07, 6.45) is 2.50. The van der Waals surface area contributed by atoms with Crippen LogP contribution in [-0.2, 0) is 16.4 Å². The molecule has 28 heavy (non-hydrogen) atoms. The molecule has 1 unspecified atom stereocenters. The topological polar surface area (TPSA) is 75.3 Å². The number of hydrogen-bond acceptors (Lipinski definition) is 3. The van der Waals surface area contributed by atoms with Crippen LogP contribution in [0.1, 0.15) is 72.6 Å². The first-order chi connectivity index (χ1) is 13.3. The minimum atomic E-state index is -3.66. The lowest BCUT2D eigenvalue weighted by atomic mass is 10.0. The zero-order valence-corrected chi connectivity index (χ0v) is 17.5.